The molecule has 2 rings (SSSR count). The second-order valence-corrected chi connectivity index (χ2v) is 6.03. The maximum absolute atomic E-state index is 12.0. The molecule has 5 nitrogen and oxygen atoms in total. The van der Waals surface area contributed by atoms with Gasteiger partial charge in [-0.15, -0.1) is 0 Å². The van der Waals surface area contributed by atoms with Crippen LogP contribution in [-0.4, -0.2) is 10.8 Å². The molecule has 20 heavy (non-hydrogen) atoms. The summed E-state index contributed by atoms with van der Waals surface area (Å²) in [6, 6.07) is 10.2. The molecule has 0 bridgehead atoms. The lowest BCUT2D eigenvalue weighted by Gasteiger charge is -2.15. The molecule has 0 spiro atoms. The topological polar surface area (TPSA) is 72.2 Å². The van der Waals surface area contributed by atoms with Gasteiger partial charge >= 0.3 is 5.00 Å². The van der Waals surface area contributed by atoms with Crippen LogP contribution in [-0.2, 0) is 0 Å². The van der Waals surface area contributed by atoms with Crippen LogP contribution in [0.2, 0.25) is 0 Å². The Kier molecular flexibility index (Phi) is 4.51. The third-order valence-electron chi connectivity index (χ3n) is 2.71. The number of halogens is 1. The van der Waals surface area contributed by atoms with Gasteiger partial charge in [0.2, 0.25) is 0 Å². The zero-order valence-corrected chi connectivity index (χ0v) is 12.9. The van der Waals surface area contributed by atoms with Crippen LogP contribution in [0.5, 0.6) is 0 Å². The second-order valence-electron chi connectivity index (χ2n) is 4.11. The molecular weight excluding hydrogens is 344 g/mol. The van der Waals surface area contributed by atoms with Crippen LogP contribution in [0.4, 0.5) is 5.00 Å². The Morgan fingerprint density at radius 2 is 2.05 bits per heavy atom. The molecule has 0 aliphatic rings. The monoisotopic (exact) mass is 354 g/mol. The summed E-state index contributed by atoms with van der Waals surface area (Å²) in [4.78, 5) is 22.5. The standard InChI is InChI=1S/C13H11BrN2O3S/c1-8(9-4-2-3-5-10(9)14)15-13(17)11-6-7-12(20-11)16(18)19/h2-8H,1H3,(H,15,17). The third kappa shape index (κ3) is 3.23. The maximum Gasteiger partial charge on any atom is 0.324 e. The summed E-state index contributed by atoms with van der Waals surface area (Å²) in [7, 11) is 0. The van der Waals surface area contributed by atoms with Gasteiger partial charge in [0.1, 0.15) is 0 Å². The molecule has 0 fully saturated rings. The third-order valence-corrected chi connectivity index (χ3v) is 4.47. The number of nitro groups is 1. The van der Waals surface area contributed by atoms with E-state index >= 15 is 0 Å². The number of hydrogen-bond acceptors (Lipinski definition) is 4. The van der Waals surface area contributed by atoms with Gasteiger partial charge in [-0.1, -0.05) is 45.5 Å². The average Bonchev–Trinajstić information content (AvgIpc) is 2.88. The van der Waals surface area contributed by atoms with Crippen molar-refractivity contribution in [1.82, 2.24) is 5.32 Å². The zero-order chi connectivity index (χ0) is 14.7. The average molecular weight is 355 g/mol. The highest BCUT2D eigenvalue weighted by Crippen LogP contribution is 2.26. The SMILES string of the molecule is CC(NC(=O)c1ccc([N+](=O)[O-])s1)c1ccccc1Br. The van der Waals surface area contributed by atoms with Crippen LogP contribution in [0, 0.1) is 10.1 Å². The normalized spacial score (nSPS) is 11.9. The van der Waals surface area contributed by atoms with Gasteiger partial charge in [-0.25, -0.2) is 0 Å². The quantitative estimate of drug-likeness (QED) is 0.668. The predicted octanol–water partition coefficient (Wildman–Crippen LogP) is 3.91. The molecule has 1 N–H and O–H groups in total. The van der Waals surface area contributed by atoms with Crippen LogP contribution in [0.25, 0.3) is 0 Å². The van der Waals surface area contributed by atoms with Crippen LogP contribution < -0.4 is 5.32 Å². The highest BCUT2D eigenvalue weighted by Gasteiger charge is 2.18. The summed E-state index contributed by atoms with van der Waals surface area (Å²) >= 11 is 4.30. The first-order chi connectivity index (χ1) is 9.49. The minimum atomic E-state index is -0.501. The summed E-state index contributed by atoms with van der Waals surface area (Å²) in [5.74, 6) is -0.314. The Morgan fingerprint density at radius 1 is 1.35 bits per heavy atom. The van der Waals surface area contributed by atoms with Crippen molar-refractivity contribution in [2.45, 2.75) is 13.0 Å². The van der Waals surface area contributed by atoms with Gasteiger partial charge in [-0.3, -0.25) is 14.9 Å². The Labute approximate surface area is 127 Å². The lowest BCUT2D eigenvalue weighted by Crippen LogP contribution is -2.26. The first kappa shape index (κ1) is 14.7. The van der Waals surface area contributed by atoms with Crippen molar-refractivity contribution < 1.29 is 9.72 Å². The van der Waals surface area contributed by atoms with Gasteiger partial charge < -0.3 is 5.32 Å². The molecule has 0 radical (unpaired) electrons. The maximum atomic E-state index is 12.0. The van der Waals surface area contributed by atoms with Crippen molar-refractivity contribution in [3.63, 3.8) is 0 Å². The smallest absolute Gasteiger partial charge is 0.324 e. The summed E-state index contributed by atoms with van der Waals surface area (Å²) in [5.41, 5.74) is 0.951. The number of carbonyl (C=O) groups excluding carboxylic acids is 1. The molecule has 1 aromatic heterocycles. The first-order valence-electron chi connectivity index (χ1n) is 5.78. The minimum Gasteiger partial charge on any atom is -0.345 e. The van der Waals surface area contributed by atoms with Crippen molar-refractivity contribution in [3.8, 4) is 0 Å². The van der Waals surface area contributed by atoms with Crippen molar-refractivity contribution >= 4 is 38.2 Å². The van der Waals surface area contributed by atoms with Crippen molar-refractivity contribution in [2.24, 2.45) is 0 Å². The van der Waals surface area contributed by atoms with Gasteiger partial charge in [0.05, 0.1) is 15.8 Å². The number of benzene rings is 1. The van der Waals surface area contributed by atoms with Crippen molar-refractivity contribution in [2.75, 3.05) is 0 Å². The highest BCUT2D eigenvalue weighted by atomic mass is 79.9. The van der Waals surface area contributed by atoms with Crippen LogP contribution in [0.3, 0.4) is 0 Å². The number of thiophene rings is 1. The molecule has 0 aliphatic heterocycles. The highest BCUT2D eigenvalue weighted by molar-refractivity contribution is 9.10. The van der Waals surface area contributed by atoms with E-state index < -0.39 is 4.92 Å². The molecule has 7 heteroatoms. The van der Waals surface area contributed by atoms with Gasteiger partial charge in [0.15, 0.2) is 0 Å². The Hall–Kier alpha value is -1.73. The van der Waals surface area contributed by atoms with Crippen molar-refractivity contribution in [3.05, 3.63) is 61.4 Å². The molecule has 1 atom stereocenters. The van der Waals surface area contributed by atoms with Gasteiger partial charge in [0.25, 0.3) is 5.91 Å². The molecule has 2 aromatic rings. The van der Waals surface area contributed by atoms with Gasteiger partial charge in [0, 0.05) is 10.5 Å². The van der Waals surface area contributed by atoms with E-state index in [1.807, 2.05) is 31.2 Å². The van der Waals surface area contributed by atoms with Gasteiger partial charge in [-0.05, 0) is 24.6 Å². The zero-order valence-electron chi connectivity index (χ0n) is 10.5. The fourth-order valence-corrected chi connectivity index (χ4v) is 3.07. The second kappa shape index (κ2) is 6.15. The molecule has 1 amide bonds. The Bertz CT molecular complexity index is 657. The number of nitrogens with one attached hydrogen (secondary N) is 1. The summed E-state index contributed by atoms with van der Waals surface area (Å²) in [6.07, 6.45) is 0. The molecular formula is C13H11BrN2O3S. The van der Waals surface area contributed by atoms with E-state index in [2.05, 4.69) is 21.2 Å². The van der Waals surface area contributed by atoms with E-state index in [1.54, 1.807) is 0 Å². The lowest BCUT2D eigenvalue weighted by molar-refractivity contribution is -0.380. The van der Waals surface area contributed by atoms with Gasteiger partial charge in [-0.2, -0.15) is 0 Å². The number of nitrogens with zero attached hydrogens (tertiary/aromatic N) is 1. The molecule has 0 saturated heterocycles. The largest absolute Gasteiger partial charge is 0.345 e. The molecule has 0 aliphatic carbocycles. The molecule has 1 unspecified atom stereocenters. The molecule has 1 aromatic carbocycles. The number of hydrogen-bond donors (Lipinski definition) is 1. The fourth-order valence-electron chi connectivity index (χ4n) is 1.72. The van der Waals surface area contributed by atoms with E-state index in [0.717, 1.165) is 21.4 Å². The molecule has 1 heterocycles. The summed E-state index contributed by atoms with van der Waals surface area (Å²) in [5, 5.41) is 13.4. The Morgan fingerprint density at radius 3 is 2.65 bits per heavy atom. The fraction of sp³-hybridized carbons (Fsp3) is 0.154. The summed E-state index contributed by atoms with van der Waals surface area (Å²) in [6.45, 7) is 1.86. The van der Waals surface area contributed by atoms with E-state index in [9.17, 15) is 14.9 Å². The van der Waals surface area contributed by atoms with Crippen LogP contribution in [0.1, 0.15) is 28.2 Å². The molecule has 104 valence electrons. The Balaban J connectivity index is 2.11. The van der Waals surface area contributed by atoms with E-state index in [-0.39, 0.29) is 17.0 Å². The first-order valence-corrected chi connectivity index (χ1v) is 7.39. The molecule has 0 saturated carbocycles. The number of amides is 1. The lowest BCUT2D eigenvalue weighted by atomic mass is 10.1. The predicted molar refractivity (Wildman–Crippen MR) is 81.0 cm³/mol. The van der Waals surface area contributed by atoms with Crippen molar-refractivity contribution in [1.29, 1.82) is 0 Å². The number of rotatable bonds is 4. The van der Waals surface area contributed by atoms with E-state index in [0.29, 0.717) is 4.88 Å². The number of carbonyl (C=O) groups is 1. The van der Waals surface area contributed by atoms with E-state index in [1.165, 1.54) is 12.1 Å². The summed E-state index contributed by atoms with van der Waals surface area (Å²) < 4.78 is 0.907. The minimum absolute atomic E-state index is 0.0382. The van der Waals surface area contributed by atoms with Crippen LogP contribution in [0.15, 0.2) is 40.9 Å². The van der Waals surface area contributed by atoms with E-state index in [4.69, 9.17) is 0 Å². The van der Waals surface area contributed by atoms with Crippen LogP contribution >= 0.6 is 27.3 Å².